The van der Waals surface area contributed by atoms with Crippen LogP contribution in [0.4, 0.5) is 0 Å². The summed E-state index contributed by atoms with van der Waals surface area (Å²) in [4.78, 5) is 7.28. The number of hydrogen-bond donors (Lipinski definition) is 1. The van der Waals surface area contributed by atoms with Crippen molar-refractivity contribution in [3.63, 3.8) is 0 Å². The molecular formula is C13H9N2. The zero-order valence-corrected chi connectivity index (χ0v) is 8.07. The summed E-state index contributed by atoms with van der Waals surface area (Å²) in [6, 6.07) is 15.5. The molecule has 2 nitrogen and oxygen atoms in total. The number of aromatic amines is 1. The molecule has 0 atom stereocenters. The van der Waals surface area contributed by atoms with Crippen LogP contribution in [0.2, 0.25) is 0 Å². The Balaban J connectivity index is 2.22. The zero-order chi connectivity index (χ0) is 10.1. The summed E-state index contributed by atoms with van der Waals surface area (Å²) in [5, 5.41) is 2.41. The van der Waals surface area contributed by atoms with E-state index < -0.39 is 0 Å². The molecule has 3 rings (SSSR count). The Labute approximate surface area is 87.6 Å². The van der Waals surface area contributed by atoms with Gasteiger partial charge in [0.25, 0.3) is 0 Å². The lowest BCUT2D eigenvalue weighted by Gasteiger charge is -1.99. The first kappa shape index (κ1) is 8.24. The van der Waals surface area contributed by atoms with E-state index in [2.05, 4.69) is 34.2 Å². The molecule has 15 heavy (non-hydrogen) atoms. The van der Waals surface area contributed by atoms with Crippen molar-refractivity contribution in [3.8, 4) is 11.4 Å². The molecule has 2 aromatic carbocycles. The van der Waals surface area contributed by atoms with E-state index in [1.165, 1.54) is 10.8 Å². The molecule has 0 saturated carbocycles. The number of nitrogens with zero attached hydrogens (tertiary/aromatic N) is 1. The molecule has 71 valence electrons. The van der Waals surface area contributed by atoms with Crippen LogP contribution in [0, 0.1) is 6.07 Å². The van der Waals surface area contributed by atoms with Crippen LogP contribution < -0.4 is 0 Å². The maximum absolute atomic E-state index is 4.21. The van der Waals surface area contributed by atoms with Gasteiger partial charge < -0.3 is 4.98 Å². The Morgan fingerprint density at radius 1 is 1.13 bits per heavy atom. The van der Waals surface area contributed by atoms with Crippen molar-refractivity contribution in [2.75, 3.05) is 0 Å². The monoisotopic (exact) mass is 193 g/mol. The molecule has 1 aromatic heterocycles. The molecule has 0 unspecified atom stereocenters. The van der Waals surface area contributed by atoms with Gasteiger partial charge in [-0.25, -0.2) is 4.98 Å². The van der Waals surface area contributed by atoms with Crippen LogP contribution in [-0.2, 0) is 0 Å². The van der Waals surface area contributed by atoms with E-state index in [0.717, 1.165) is 11.4 Å². The number of rotatable bonds is 1. The van der Waals surface area contributed by atoms with Crippen LogP contribution in [0.5, 0.6) is 0 Å². The van der Waals surface area contributed by atoms with E-state index in [1.807, 2.05) is 24.4 Å². The number of hydrogen-bond acceptors (Lipinski definition) is 1. The van der Waals surface area contributed by atoms with Crippen LogP contribution >= 0.6 is 0 Å². The van der Waals surface area contributed by atoms with E-state index in [0.29, 0.717) is 0 Å². The van der Waals surface area contributed by atoms with Crippen molar-refractivity contribution in [1.29, 1.82) is 0 Å². The van der Waals surface area contributed by atoms with E-state index in [1.54, 1.807) is 6.20 Å². The highest BCUT2D eigenvalue weighted by Crippen LogP contribution is 2.20. The average Bonchev–Trinajstić information content (AvgIpc) is 2.82. The molecule has 0 bridgehead atoms. The fraction of sp³-hybridized carbons (Fsp3) is 0. The van der Waals surface area contributed by atoms with Crippen molar-refractivity contribution < 1.29 is 0 Å². The van der Waals surface area contributed by atoms with Gasteiger partial charge in [0.1, 0.15) is 5.82 Å². The summed E-state index contributed by atoms with van der Waals surface area (Å²) in [6.45, 7) is 0. The fourth-order valence-electron chi connectivity index (χ4n) is 1.68. The van der Waals surface area contributed by atoms with Gasteiger partial charge in [-0.1, -0.05) is 24.3 Å². The van der Waals surface area contributed by atoms with Gasteiger partial charge >= 0.3 is 0 Å². The van der Waals surface area contributed by atoms with Gasteiger partial charge in [-0.15, -0.1) is 0 Å². The summed E-state index contributed by atoms with van der Waals surface area (Å²) in [7, 11) is 0. The maximum Gasteiger partial charge on any atom is 0.137 e. The van der Waals surface area contributed by atoms with Crippen molar-refractivity contribution in [3.05, 3.63) is 54.9 Å². The number of imidazole rings is 1. The second-order valence-corrected chi connectivity index (χ2v) is 3.41. The quantitative estimate of drug-likeness (QED) is 0.632. The predicted molar refractivity (Wildman–Crippen MR) is 60.4 cm³/mol. The van der Waals surface area contributed by atoms with Crippen LogP contribution in [0.1, 0.15) is 0 Å². The minimum absolute atomic E-state index is 0.862. The highest BCUT2D eigenvalue weighted by molar-refractivity contribution is 5.85. The van der Waals surface area contributed by atoms with Gasteiger partial charge in [0, 0.05) is 18.0 Å². The molecule has 0 saturated heterocycles. The summed E-state index contributed by atoms with van der Waals surface area (Å²) in [5.74, 6) is 0.862. The number of fused-ring (bicyclic) bond motifs is 1. The number of aromatic nitrogens is 2. The number of benzene rings is 2. The first-order valence-corrected chi connectivity index (χ1v) is 4.84. The first-order valence-electron chi connectivity index (χ1n) is 4.84. The van der Waals surface area contributed by atoms with Crippen molar-refractivity contribution in [2.24, 2.45) is 0 Å². The lowest BCUT2D eigenvalue weighted by Crippen LogP contribution is -1.81. The molecule has 0 fully saturated rings. The average molecular weight is 193 g/mol. The second kappa shape index (κ2) is 3.24. The molecule has 0 aliphatic rings. The Morgan fingerprint density at radius 3 is 2.80 bits per heavy atom. The largest absolute Gasteiger partial charge is 0.345 e. The van der Waals surface area contributed by atoms with Crippen LogP contribution in [0.25, 0.3) is 22.2 Å². The molecular weight excluding hydrogens is 184 g/mol. The SMILES string of the molecule is [c]1cc2ccccc2cc1-c1ncc[nH]1. The maximum atomic E-state index is 4.21. The minimum Gasteiger partial charge on any atom is -0.345 e. The topological polar surface area (TPSA) is 28.7 Å². The van der Waals surface area contributed by atoms with Gasteiger partial charge in [-0.2, -0.15) is 0 Å². The number of H-pyrrole nitrogens is 1. The van der Waals surface area contributed by atoms with Crippen LogP contribution in [0.15, 0.2) is 48.8 Å². The normalized spacial score (nSPS) is 10.7. The van der Waals surface area contributed by atoms with E-state index in [-0.39, 0.29) is 0 Å². The summed E-state index contributed by atoms with van der Waals surface area (Å²) < 4.78 is 0. The van der Waals surface area contributed by atoms with Crippen molar-refractivity contribution >= 4 is 10.8 Å². The second-order valence-electron chi connectivity index (χ2n) is 3.41. The van der Waals surface area contributed by atoms with E-state index >= 15 is 0 Å². The van der Waals surface area contributed by atoms with E-state index in [9.17, 15) is 0 Å². The number of nitrogens with one attached hydrogen (secondary N) is 1. The molecule has 0 aliphatic heterocycles. The highest BCUT2D eigenvalue weighted by atomic mass is 14.9. The summed E-state index contributed by atoms with van der Waals surface area (Å²) in [5.41, 5.74) is 0.999. The lowest BCUT2D eigenvalue weighted by atomic mass is 10.1. The third kappa shape index (κ3) is 1.40. The smallest absolute Gasteiger partial charge is 0.137 e. The molecule has 2 heteroatoms. The van der Waals surface area contributed by atoms with Gasteiger partial charge in [-0.05, 0) is 29.0 Å². The summed E-state index contributed by atoms with van der Waals surface area (Å²) in [6.07, 6.45) is 3.57. The third-order valence-electron chi connectivity index (χ3n) is 2.43. The Morgan fingerprint density at radius 2 is 2.00 bits per heavy atom. The van der Waals surface area contributed by atoms with Gasteiger partial charge in [0.05, 0.1) is 0 Å². The summed E-state index contributed by atoms with van der Waals surface area (Å²) >= 11 is 0. The standard InChI is InChI=1S/C13H9N2/c1-2-4-11-9-12(6-5-10(11)3-1)13-14-7-8-15-13/h1-5,7-9H,(H,14,15). The van der Waals surface area contributed by atoms with Crippen molar-refractivity contribution in [2.45, 2.75) is 0 Å². The zero-order valence-electron chi connectivity index (χ0n) is 8.07. The molecule has 0 amide bonds. The molecule has 0 aliphatic carbocycles. The van der Waals surface area contributed by atoms with Gasteiger partial charge in [0.2, 0.25) is 0 Å². The minimum atomic E-state index is 0.862. The fourth-order valence-corrected chi connectivity index (χ4v) is 1.68. The molecule has 1 radical (unpaired) electrons. The molecule has 3 aromatic rings. The highest BCUT2D eigenvalue weighted by Gasteiger charge is 2.00. The van der Waals surface area contributed by atoms with E-state index in [4.69, 9.17) is 0 Å². The van der Waals surface area contributed by atoms with Gasteiger partial charge in [0.15, 0.2) is 0 Å². The van der Waals surface area contributed by atoms with Gasteiger partial charge in [-0.3, -0.25) is 0 Å². The Kier molecular flexibility index (Phi) is 1.78. The third-order valence-corrected chi connectivity index (χ3v) is 2.43. The molecule has 1 N–H and O–H groups in total. The predicted octanol–water partition coefficient (Wildman–Crippen LogP) is 3.03. The Bertz CT molecular complexity index is 582. The van der Waals surface area contributed by atoms with Crippen LogP contribution in [0.3, 0.4) is 0 Å². The molecule has 0 spiro atoms. The first-order chi connectivity index (χ1) is 7.43. The van der Waals surface area contributed by atoms with Crippen LogP contribution in [-0.4, -0.2) is 9.97 Å². The molecule has 1 heterocycles. The van der Waals surface area contributed by atoms with Crippen molar-refractivity contribution in [1.82, 2.24) is 9.97 Å². The lowest BCUT2D eigenvalue weighted by molar-refractivity contribution is 1.31. The Hall–Kier alpha value is -2.09.